The van der Waals surface area contributed by atoms with Crippen LogP contribution < -0.4 is 5.32 Å². The SMILES string of the molecule is O=C(CCNc1ncccn1)N1CCC[C@H]1Cn1cccn1. The van der Waals surface area contributed by atoms with Crippen LogP contribution in [-0.2, 0) is 11.3 Å². The molecule has 116 valence electrons. The molecule has 1 N–H and O–H groups in total. The molecule has 0 unspecified atom stereocenters. The van der Waals surface area contributed by atoms with E-state index in [1.807, 2.05) is 21.8 Å². The number of carbonyl (C=O) groups excluding carboxylic acids is 1. The van der Waals surface area contributed by atoms with Crippen molar-refractivity contribution in [1.29, 1.82) is 0 Å². The average Bonchev–Trinajstić information content (AvgIpc) is 3.20. The second kappa shape index (κ2) is 7.02. The van der Waals surface area contributed by atoms with Gasteiger partial charge in [-0.2, -0.15) is 5.10 Å². The number of aromatic nitrogens is 4. The van der Waals surface area contributed by atoms with Crippen molar-refractivity contribution in [3.63, 3.8) is 0 Å². The topological polar surface area (TPSA) is 75.9 Å². The van der Waals surface area contributed by atoms with E-state index < -0.39 is 0 Å². The van der Waals surface area contributed by atoms with E-state index in [4.69, 9.17) is 0 Å². The van der Waals surface area contributed by atoms with Gasteiger partial charge in [0.05, 0.1) is 12.6 Å². The Morgan fingerprint density at radius 1 is 1.27 bits per heavy atom. The fourth-order valence-electron chi connectivity index (χ4n) is 2.79. The minimum absolute atomic E-state index is 0.179. The maximum atomic E-state index is 12.4. The molecule has 2 aromatic heterocycles. The molecule has 3 rings (SSSR count). The van der Waals surface area contributed by atoms with Gasteiger partial charge in [0.15, 0.2) is 0 Å². The Morgan fingerprint density at radius 3 is 2.91 bits per heavy atom. The molecule has 0 aromatic carbocycles. The highest BCUT2D eigenvalue weighted by Gasteiger charge is 2.28. The number of rotatable bonds is 6. The predicted molar refractivity (Wildman–Crippen MR) is 82.1 cm³/mol. The smallest absolute Gasteiger partial charge is 0.224 e. The lowest BCUT2D eigenvalue weighted by Crippen LogP contribution is -2.38. The van der Waals surface area contributed by atoms with Gasteiger partial charge in [-0.05, 0) is 25.0 Å². The fourth-order valence-corrected chi connectivity index (χ4v) is 2.79. The molecule has 1 aliphatic rings. The molecule has 7 nitrogen and oxygen atoms in total. The number of hydrogen-bond donors (Lipinski definition) is 1. The summed E-state index contributed by atoms with van der Waals surface area (Å²) in [4.78, 5) is 22.5. The first-order valence-electron chi connectivity index (χ1n) is 7.61. The molecule has 0 spiro atoms. The molecule has 0 aliphatic carbocycles. The van der Waals surface area contributed by atoms with Gasteiger partial charge in [-0.15, -0.1) is 0 Å². The van der Waals surface area contributed by atoms with Crippen LogP contribution in [0, 0.1) is 0 Å². The number of amides is 1. The van der Waals surface area contributed by atoms with Crippen LogP contribution in [0.2, 0.25) is 0 Å². The van der Waals surface area contributed by atoms with Gasteiger partial charge in [-0.25, -0.2) is 9.97 Å². The van der Waals surface area contributed by atoms with Crippen LogP contribution in [0.5, 0.6) is 0 Å². The number of likely N-dealkylation sites (tertiary alicyclic amines) is 1. The Morgan fingerprint density at radius 2 is 2.14 bits per heavy atom. The monoisotopic (exact) mass is 300 g/mol. The van der Waals surface area contributed by atoms with Crippen molar-refractivity contribution in [2.24, 2.45) is 0 Å². The zero-order valence-electron chi connectivity index (χ0n) is 12.4. The van der Waals surface area contributed by atoms with Gasteiger partial charge in [0.25, 0.3) is 0 Å². The van der Waals surface area contributed by atoms with Gasteiger partial charge in [0.1, 0.15) is 0 Å². The van der Waals surface area contributed by atoms with Crippen molar-refractivity contribution in [3.8, 4) is 0 Å². The first kappa shape index (κ1) is 14.5. The first-order valence-corrected chi connectivity index (χ1v) is 7.61. The molecule has 1 atom stereocenters. The normalized spacial score (nSPS) is 17.6. The summed E-state index contributed by atoms with van der Waals surface area (Å²) in [6.07, 6.45) is 9.62. The largest absolute Gasteiger partial charge is 0.354 e. The van der Waals surface area contributed by atoms with Crippen molar-refractivity contribution in [3.05, 3.63) is 36.9 Å². The summed E-state index contributed by atoms with van der Waals surface area (Å²) in [7, 11) is 0. The lowest BCUT2D eigenvalue weighted by molar-refractivity contribution is -0.131. The molecule has 0 radical (unpaired) electrons. The zero-order chi connectivity index (χ0) is 15.2. The van der Waals surface area contributed by atoms with Gasteiger partial charge in [0, 0.05) is 44.3 Å². The number of nitrogens with one attached hydrogen (secondary N) is 1. The molecular formula is C15H20N6O. The quantitative estimate of drug-likeness (QED) is 0.866. The Balaban J connectivity index is 1.48. The molecule has 1 aliphatic heterocycles. The maximum Gasteiger partial charge on any atom is 0.224 e. The summed E-state index contributed by atoms with van der Waals surface area (Å²) in [6.45, 7) is 2.16. The first-order chi connectivity index (χ1) is 10.8. The lowest BCUT2D eigenvalue weighted by Gasteiger charge is -2.24. The third kappa shape index (κ3) is 3.60. The van der Waals surface area contributed by atoms with E-state index >= 15 is 0 Å². The molecular weight excluding hydrogens is 280 g/mol. The third-order valence-electron chi connectivity index (χ3n) is 3.84. The van der Waals surface area contributed by atoms with E-state index in [1.165, 1.54) is 0 Å². The Bertz CT molecular complexity index is 585. The highest BCUT2D eigenvalue weighted by atomic mass is 16.2. The van der Waals surface area contributed by atoms with Crippen molar-refractivity contribution in [1.82, 2.24) is 24.6 Å². The average molecular weight is 300 g/mol. The summed E-state index contributed by atoms with van der Waals surface area (Å²) < 4.78 is 1.90. The summed E-state index contributed by atoms with van der Waals surface area (Å²) in [5, 5.41) is 7.30. The van der Waals surface area contributed by atoms with Gasteiger partial charge in [-0.3, -0.25) is 9.48 Å². The van der Waals surface area contributed by atoms with Crippen LogP contribution >= 0.6 is 0 Å². The minimum Gasteiger partial charge on any atom is -0.354 e. The van der Waals surface area contributed by atoms with E-state index in [-0.39, 0.29) is 11.9 Å². The van der Waals surface area contributed by atoms with E-state index in [0.717, 1.165) is 25.9 Å². The van der Waals surface area contributed by atoms with E-state index in [9.17, 15) is 4.79 Å². The molecule has 3 heterocycles. The van der Waals surface area contributed by atoms with Gasteiger partial charge in [-0.1, -0.05) is 0 Å². The van der Waals surface area contributed by atoms with Crippen LogP contribution in [0.1, 0.15) is 19.3 Å². The molecule has 1 fully saturated rings. The van der Waals surface area contributed by atoms with Crippen molar-refractivity contribution >= 4 is 11.9 Å². The molecule has 1 saturated heterocycles. The Hall–Kier alpha value is -2.44. The number of anilines is 1. The van der Waals surface area contributed by atoms with Gasteiger partial charge < -0.3 is 10.2 Å². The highest BCUT2D eigenvalue weighted by Crippen LogP contribution is 2.19. The molecule has 1 amide bonds. The van der Waals surface area contributed by atoms with E-state index in [0.29, 0.717) is 18.9 Å². The Kier molecular flexibility index (Phi) is 4.62. The number of nitrogens with zero attached hydrogens (tertiary/aromatic N) is 5. The Labute approximate surface area is 129 Å². The molecule has 2 aromatic rings. The van der Waals surface area contributed by atoms with Crippen molar-refractivity contribution < 1.29 is 4.79 Å². The molecule has 22 heavy (non-hydrogen) atoms. The van der Waals surface area contributed by atoms with Crippen molar-refractivity contribution in [2.45, 2.75) is 31.8 Å². The van der Waals surface area contributed by atoms with E-state index in [2.05, 4.69) is 20.4 Å². The summed E-state index contributed by atoms with van der Waals surface area (Å²) in [5.74, 6) is 0.739. The predicted octanol–water partition coefficient (Wildman–Crippen LogP) is 1.17. The molecule has 0 bridgehead atoms. The molecule has 7 heteroatoms. The van der Waals surface area contributed by atoms with Crippen LogP contribution in [0.3, 0.4) is 0 Å². The van der Waals surface area contributed by atoms with E-state index in [1.54, 1.807) is 24.7 Å². The van der Waals surface area contributed by atoms with Crippen LogP contribution in [0.15, 0.2) is 36.9 Å². The number of hydrogen-bond acceptors (Lipinski definition) is 5. The number of carbonyl (C=O) groups is 1. The highest BCUT2D eigenvalue weighted by molar-refractivity contribution is 5.77. The van der Waals surface area contributed by atoms with Gasteiger partial charge >= 0.3 is 0 Å². The maximum absolute atomic E-state index is 12.4. The lowest BCUT2D eigenvalue weighted by atomic mass is 10.2. The second-order valence-electron chi connectivity index (χ2n) is 5.36. The summed E-state index contributed by atoms with van der Waals surface area (Å²) in [6, 6.07) is 3.92. The zero-order valence-corrected chi connectivity index (χ0v) is 12.4. The van der Waals surface area contributed by atoms with Crippen LogP contribution in [-0.4, -0.2) is 49.7 Å². The van der Waals surface area contributed by atoms with Gasteiger partial charge in [0.2, 0.25) is 11.9 Å². The molecule has 0 saturated carbocycles. The second-order valence-corrected chi connectivity index (χ2v) is 5.36. The third-order valence-corrected chi connectivity index (χ3v) is 3.84. The standard InChI is InChI=1S/C15H20N6O/c22-14(5-9-18-15-16-6-2-7-17-15)21-11-1-4-13(21)12-20-10-3-8-19-20/h2-3,6-8,10,13H,1,4-5,9,11-12H2,(H,16,17,18)/t13-/m0/s1. The minimum atomic E-state index is 0.179. The van der Waals surface area contributed by atoms with Crippen LogP contribution in [0.4, 0.5) is 5.95 Å². The summed E-state index contributed by atoms with van der Waals surface area (Å²) >= 11 is 0. The van der Waals surface area contributed by atoms with Crippen LogP contribution in [0.25, 0.3) is 0 Å². The van der Waals surface area contributed by atoms with Crippen molar-refractivity contribution in [2.75, 3.05) is 18.4 Å². The fraction of sp³-hybridized carbons (Fsp3) is 0.467. The summed E-state index contributed by atoms with van der Waals surface area (Å²) in [5.41, 5.74) is 0.